The molecule has 0 fully saturated rings. The molecular formula is C32H96O5SSi7. The van der Waals surface area contributed by atoms with Gasteiger partial charge in [-0.1, -0.05) is 73.2 Å². The predicted octanol–water partition coefficient (Wildman–Crippen LogP) is 12.2. The summed E-state index contributed by atoms with van der Waals surface area (Å²) in [5, 5.41) is 0. The van der Waals surface area contributed by atoms with Crippen molar-refractivity contribution in [1.82, 2.24) is 0 Å². The molecule has 0 aliphatic rings. The van der Waals surface area contributed by atoms with Crippen molar-refractivity contribution in [3.8, 4) is 0 Å². The lowest BCUT2D eigenvalue weighted by atomic mass is 10.6. The van der Waals surface area contributed by atoms with Crippen molar-refractivity contribution in [1.29, 1.82) is 0 Å². The van der Waals surface area contributed by atoms with Gasteiger partial charge >= 0.3 is 0 Å². The Bertz CT molecular complexity index is 498. The minimum absolute atomic E-state index is 0. The average Bonchev–Trinajstić information content (AvgIpc) is 2.84. The third kappa shape index (κ3) is 156. The molecule has 13 heteroatoms. The van der Waals surface area contributed by atoms with Gasteiger partial charge < -0.3 is 22.1 Å². The standard InChI is InChI=1S/C6H16OSi.C5H12OSi.3C4H12OSi.2C3H10Si.CH4S.2CH4/c1-5-6-8(3,4)7-2;1-5-7(3,4)6-2;3*1-5-6(2,3)4;2*1-4(2)3;1-2;;/h5-6H2,1-4H3;5H,1H2,2-4H3;3*1-4H3;2*4H,1-3H3;2H,1H3;2*1H4/i;;;;;;;1D;;. The molecule has 0 amide bonds. The molecule has 0 unspecified atom stereocenters. The Kier molecular flexibility index (Phi) is 66.0. The van der Waals surface area contributed by atoms with E-state index in [1.165, 1.54) is 12.5 Å². The molecule has 288 valence electrons. The fourth-order valence-electron chi connectivity index (χ4n) is 0.787. The first-order chi connectivity index (χ1) is 19.3. The second-order valence-electron chi connectivity index (χ2n) is 15.1. The highest BCUT2D eigenvalue weighted by Gasteiger charge is 2.17. The van der Waals surface area contributed by atoms with Gasteiger partial charge in [-0.15, -0.1) is 6.58 Å². The van der Waals surface area contributed by atoms with E-state index in [0.717, 1.165) is 0 Å². The fourth-order valence-corrected chi connectivity index (χ4v) is 2.36. The van der Waals surface area contributed by atoms with E-state index >= 15 is 0 Å². The molecule has 0 bridgehead atoms. The van der Waals surface area contributed by atoms with Crippen LogP contribution in [0.4, 0.5) is 0 Å². The average molecular weight is 791 g/mol. The number of thiol groups is 1. The molecule has 0 rings (SSSR count). The maximum atomic E-state index is 6.07. The maximum Gasteiger partial charge on any atom is 0.209 e. The molecule has 0 aromatic rings. The molecule has 0 heterocycles. The Hall–Kier alpha value is 1.41. The van der Waals surface area contributed by atoms with E-state index in [0.29, 0.717) is 0 Å². The van der Waals surface area contributed by atoms with Crippen LogP contribution in [0.2, 0.25) is 130 Å². The van der Waals surface area contributed by atoms with Gasteiger partial charge in [-0.05, 0) is 97.4 Å². The fraction of sp³-hybridized carbons (Fsp3) is 0.938. The summed E-state index contributed by atoms with van der Waals surface area (Å²) in [5.74, 6) is 0. The summed E-state index contributed by atoms with van der Waals surface area (Å²) in [4.78, 5) is 0. The molecule has 0 atom stereocenters. The molecule has 0 aromatic heterocycles. The van der Waals surface area contributed by atoms with E-state index in [9.17, 15) is 0 Å². The van der Waals surface area contributed by atoms with Crippen molar-refractivity contribution in [2.24, 2.45) is 0 Å². The second kappa shape index (κ2) is 43.4. The monoisotopic (exact) mass is 790 g/mol. The smallest absolute Gasteiger partial charge is 0.209 e. The summed E-state index contributed by atoms with van der Waals surface area (Å²) in [6.07, 6.45) is 1.45. The van der Waals surface area contributed by atoms with Gasteiger partial charge in [-0.2, -0.15) is 12.6 Å². The van der Waals surface area contributed by atoms with Crippen LogP contribution in [0.3, 0.4) is 0 Å². The van der Waals surface area contributed by atoms with Gasteiger partial charge in [0, 0.05) is 54.5 Å². The topological polar surface area (TPSA) is 46.2 Å². The van der Waals surface area contributed by atoms with E-state index in [1.54, 1.807) is 28.4 Å². The van der Waals surface area contributed by atoms with Crippen LogP contribution in [0.5, 0.6) is 0 Å². The highest BCUT2D eigenvalue weighted by molar-refractivity contribution is 7.79. The summed E-state index contributed by atoms with van der Waals surface area (Å²) < 4.78 is 31.7. The summed E-state index contributed by atoms with van der Waals surface area (Å²) in [5.41, 5.74) is 1.91. The number of rotatable bonds is 8. The van der Waals surface area contributed by atoms with Gasteiger partial charge in [0.25, 0.3) is 0 Å². The van der Waals surface area contributed by atoms with Gasteiger partial charge in [0.1, 0.15) is 0 Å². The summed E-state index contributed by atoms with van der Waals surface area (Å²) in [7, 11) is 2.63. The van der Waals surface area contributed by atoms with Crippen molar-refractivity contribution in [3.63, 3.8) is 0 Å². The van der Waals surface area contributed by atoms with Crippen LogP contribution in [0.15, 0.2) is 12.3 Å². The molecule has 0 aliphatic carbocycles. The van der Waals surface area contributed by atoms with Gasteiger partial charge in [0.2, 0.25) is 8.32 Å². The Morgan fingerprint density at radius 1 is 0.578 bits per heavy atom. The zero-order chi connectivity index (χ0) is 38.0. The zero-order valence-corrected chi connectivity index (χ0v) is 42.8. The quantitative estimate of drug-likeness (QED) is 0.196. The Balaban J connectivity index is -0.0000000406. The van der Waals surface area contributed by atoms with Gasteiger partial charge in [-0.3, -0.25) is 0 Å². The third-order valence-corrected chi connectivity index (χ3v) is 12.8. The van der Waals surface area contributed by atoms with Crippen LogP contribution in [0.1, 0.15) is 29.6 Å². The molecule has 0 N–H and O–H groups in total. The van der Waals surface area contributed by atoms with E-state index in [4.69, 9.17) is 23.5 Å². The zero-order valence-electron chi connectivity index (χ0n) is 35.5. The van der Waals surface area contributed by atoms with Crippen molar-refractivity contribution in [2.75, 3.05) is 41.8 Å². The lowest BCUT2D eigenvalue weighted by Crippen LogP contribution is -2.27. The van der Waals surface area contributed by atoms with E-state index in [1.807, 2.05) is 12.8 Å². The normalized spacial score (nSPS) is 10.7. The molecule has 0 radical (unpaired) electrons. The van der Waals surface area contributed by atoms with Crippen LogP contribution in [-0.4, -0.2) is 101 Å². The van der Waals surface area contributed by atoms with Crippen LogP contribution >= 0.6 is 12.6 Å². The summed E-state index contributed by atoms with van der Waals surface area (Å²) >= 11 is 3.46. The maximum absolute atomic E-state index is 6.07. The van der Waals surface area contributed by atoms with Crippen LogP contribution in [-0.2, 0) is 22.1 Å². The van der Waals surface area contributed by atoms with E-state index in [-0.39, 0.29) is 38.7 Å². The minimum Gasteiger partial charge on any atom is -0.421 e. The Morgan fingerprint density at radius 3 is 0.778 bits per heavy atom. The lowest BCUT2D eigenvalue weighted by Gasteiger charge is -2.17. The molecule has 0 aliphatic heterocycles. The van der Waals surface area contributed by atoms with Crippen LogP contribution < -0.4 is 0 Å². The third-order valence-electron chi connectivity index (χ3n) is 4.26. The summed E-state index contributed by atoms with van der Waals surface area (Å²) in [6.45, 7) is 47.8. The Labute approximate surface area is 306 Å². The molecule has 0 spiro atoms. The van der Waals surface area contributed by atoms with Crippen molar-refractivity contribution in [2.45, 2.75) is 159 Å². The highest BCUT2D eigenvalue weighted by Crippen LogP contribution is 2.10. The molecule has 45 heavy (non-hydrogen) atoms. The van der Waals surface area contributed by atoms with Crippen LogP contribution in [0.25, 0.3) is 0 Å². The van der Waals surface area contributed by atoms with Gasteiger partial charge in [0.15, 0.2) is 33.3 Å². The predicted molar refractivity (Wildman–Crippen MR) is 243 cm³/mol. The Morgan fingerprint density at radius 2 is 0.756 bits per heavy atom. The molecular weight excluding hydrogens is 693 g/mol. The molecule has 0 saturated heterocycles. The van der Waals surface area contributed by atoms with Gasteiger partial charge in [-0.25, -0.2) is 0 Å². The highest BCUT2D eigenvalue weighted by atomic mass is 32.1. The number of hydrogen-bond donors (Lipinski definition) is 1. The SMILES string of the molecule is C.C.C=C[Si](C)(C)OC.CCC[Si](C)(C)OC.CO[Si](C)(C)C.CO[Si](C)(C)C.CO[Si](C)(C)C.C[SiH](C)C.C[SiH](C)C.[2H]CS. The largest absolute Gasteiger partial charge is 0.421 e. The van der Waals surface area contributed by atoms with Crippen LogP contribution in [0, 0.1) is 0 Å². The first-order valence-corrected chi connectivity index (χ1v) is 39.5. The molecule has 5 nitrogen and oxygen atoms in total. The van der Waals surface area contributed by atoms with Crippen molar-refractivity contribution in [3.05, 3.63) is 12.3 Å². The minimum atomic E-state index is -1.39. The first-order valence-electron chi connectivity index (χ1n) is 16.3. The van der Waals surface area contributed by atoms with Gasteiger partial charge in [0.05, 0.1) is 0 Å². The second-order valence-corrected chi connectivity index (χ2v) is 44.4. The summed E-state index contributed by atoms with van der Waals surface area (Å²) in [6, 6.07) is 1.28. The molecule has 0 saturated carbocycles. The number of hydrogen-bond acceptors (Lipinski definition) is 6. The van der Waals surface area contributed by atoms with Crippen molar-refractivity contribution >= 4 is 71.8 Å². The van der Waals surface area contributed by atoms with Crippen molar-refractivity contribution < 1.29 is 23.5 Å². The lowest BCUT2D eigenvalue weighted by molar-refractivity contribution is 0.403. The first kappa shape index (κ1) is 68.4. The molecule has 0 aromatic carbocycles. The van der Waals surface area contributed by atoms with E-state index in [2.05, 4.69) is 151 Å². The van der Waals surface area contributed by atoms with E-state index < -0.39 is 41.6 Å².